The van der Waals surface area contributed by atoms with Crippen molar-refractivity contribution in [2.24, 2.45) is 4.99 Å². The molecular weight excluding hydrogens is 280 g/mol. The summed E-state index contributed by atoms with van der Waals surface area (Å²) < 4.78 is 0. The number of hydrogen-bond donors (Lipinski definition) is 1. The highest BCUT2D eigenvalue weighted by Crippen LogP contribution is 2.36. The van der Waals surface area contributed by atoms with E-state index >= 15 is 0 Å². The van der Waals surface area contributed by atoms with E-state index in [9.17, 15) is 0 Å². The smallest absolute Gasteiger partial charge is 0.1000 e. The first kappa shape index (κ1) is 13.8. The van der Waals surface area contributed by atoms with Crippen molar-refractivity contribution in [2.75, 3.05) is 0 Å². The van der Waals surface area contributed by atoms with Crippen LogP contribution in [0.15, 0.2) is 102 Å². The molecule has 0 unspecified atom stereocenters. The molecule has 0 saturated heterocycles. The second kappa shape index (κ2) is 6.09. The molecule has 112 valence electrons. The molecule has 0 amide bonds. The Morgan fingerprint density at radius 2 is 1.43 bits per heavy atom. The van der Waals surface area contributed by atoms with Crippen LogP contribution in [0.2, 0.25) is 0 Å². The number of fused-ring (bicyclic) bond motifs is 1. The highest BCUT2D eigenvalue weighted by Gasteiger charge is 2.30. The summed E-state index contributed by atoms with van der Waals surface area (Å²) in [7, 11) is 0. The fourth-order valence-corrected chi connectivity index (χ4v) is 3.09. The molecule has 2 nitrogen and oxygen atoms in total. The van der Waals surface area contributed by atoms with Gasteiger partial charge >= 0.3 is 0 Å². The molecule has 2 aliphatic rings. The van der Waals surface area contributed by atoms with Crippen LogP contribution < -0.4 is 5.32 Å². The number of allylic oxidation sites excluding steroid dienone is 5. The molecule has 23 heavy (non-hydrogen) atoms. The summed E-state index contributed by atoms with van der Waals surface area (Å²) in [5, 5.41) is 3.69. The van der Waals surface area contributed by atoms with Gasteiger partial charge in [0.1, 0.15) is 0 Å². The molecule has 0 radical (unpaired) electrons. The molecule has 2 aromatic rings. The third-order valence-corrected chi connectivity index (χ3v) is 4.22. The SMILES string of the molecule is C1=CC=C2N[C@H](c3ccccc3)[C@@H](c3ccccc3)N=C2C=C1. The first-order chi connectivity index (χ1) is 11.4. The van der Waals surface area contributed by atoms with Crippen LogP contribution >= 0.6 is 0 Å². The van der Waals surface area contributed by atoms with Gasteiger partial charge in [-0.05, 0) is 23.3 Å². The van der Waals surface area contributed by atoms with Gasteiger partial charge in [-0.15, -0.1) is 0 Å². The van der Waals surface area contributed by atoms with E-state index in [4.69, 9.17) is 4.99 Å². The van der Waals surface area contributed by atoms with E-state index in [-0.39, 0.29) is 12.1 Å². The molecule has 1 heterocycles. The van der Waals surface area contributed by atoms with Crippen molar-refractivity contribution in [2.45, 2.75) is 12.1 Å². The number of hydrogen-bond acceptors (Lipinski definition) is 2. The zero-order valence-corrected chi connectivity index (χ0v) is 12.8. The highest BCUT2D eigenvalue weighted by atomic mass is 15.1. The Hall–Kier alpha value is -2.87. The van der Waals surface area contributed by atoms with Gasteiger partial charge in [-0.3, -0.25) is 4.99 Å². The maximum Gasteiger partial charge on any atom is 0.1000 e. The summed E-state index contributed by atoms with van der Waals surface area (Å²) >= 11 is 0. The minimum Gasteiger partial charge on any atom is -0.374 e. The lowest BCUT2D eigenvalue weighted by molar-refractivity contribution is 0.489. The van der Waals surface area contributed by atoms with Crippen LogP contribution in [0.3, 0.4) is 0 Å². The molecule has 0 spiro atoms. The van der Waals surface area contributed by atoms with Gasteiger partial charge in [-0.1, -0.05) is 78.9 Å². The van der Waals surface area contributed by atoms with E-state index in [0.717, 1.165) is 11.4 Å². The average molecular weight is 298 g/mol. The summed E-state index contributed by atoms with van der Waals surface area (Å²) in [5.74, 6) is 0. The Labute approximate surface area is 136 Å². The van der Waals surface area contributed by atoms with Gasteiger partial charge in [-0.2, -0.15) is 0 Å². The molecule has 1 aliphatic heterocycles. The summed E-state index contributed by atoms with van der Waals surface area (Å²) in [6.07, 6.45) is 10.3. The Morgan fingerprint density at radius 3 is 2.17 bits per heavy atom. The minimum atomic E-state index is 0.0634. The first-order valence-corrected chi connectivity index (χ1v) is 7.91. The van der Waals surface area contributed by atoms with E-state index in [1.807, 2.05) is 24.3 Å². The monoisotopic (exact) mass is 298 g/mol. The lowest BCUT2D eigenvalue weighted by atomic mass is 9.91. The Balaban J connectivity index is 1.83. The van der Waals surface area contributed by atoms with E-state index in [2.05, 4.69) is 72.1 Å². The van der Waals surface area contributed by atoms with Crippen molar-refractivity contribution >= 4 is 5.71 Å². The van der Waals surface area contributed by atoms with Crippen LogP contribution in [-0.4, -0.2) is 5.71 Å². The van der Waals surface area contributed by atoms with Crippen molar-refractivity contribution < 1.29 is 0 Å². The summed E-state index contributed by atoms with van der Waals surface area (Å²) in [6.45, 7) is 0. The van der Waals surface area contributed by atoms with Gasteiger partial charge in [0.05, 0.1) is 23.5 Å². The standard InChI is InChI=1S/C21H18N2/c1-4-10-16(11-5-1)20-21(17-12-6-2-7-13-17)23-19-15-9-3-8-14-18(19)22-20/h1-15,20-22H/t20-,21-/m1/s1. The number of benzene rings is 2. The van der Waals surface area contributed by atoms with Crippen LogP contribution in [0.1, 0.15) is 23.2 Å². The third kappa shape index (κ3) is 2.76. The maximum absolute atomic E-state index is 5.05. The van der Waals surface area contributed by atoms with Crippen molar-refractivity contribution in [3.63, 3.8) is 0 Å². The largest absolute Gasteiger partial charge is 0.374 e. The molecule has 2 atom stereocenters. The van der Waals surface area contributed by atoms with Crippen LogP contribution in [0, 0.1) is 0 Å². The van der Waals surface area contributed by atoms with Crippen LogP contribution in [0.5, 0.6) is 0 Å². The zero-order chi connectivity index (χ0) is 15.5. The Morgan fingerprint density at radius 1 is 0.739 bits per heavy atom. The fourth-order valence-electron chi connectivity index (χ4n) is 3.09. The predicted octanol–water partition coefficient (Wildman–Crippen LogP) is 4.52. The molecule has 0 bridgehead atoms. The molecule has 2 aromatic carbocycles. The van der Waals surface area contributed by atoms with Crippen molar-refractivity contribution in [3.05, 3.63) is 108 Å². The third-order valence-electron chi connectivity index (χ3n) is 4.22. The van der Waals surface area contributed by atoms with Crippen LogP contribution in [-0.2, 0) is 0 Å². The van der Waals surface area contributed by atoms with Gasteiger partial charge < -0.3 is 5.32 Å². The number of aliphatic imine (C=N–C) groups is 1. The molecule has 0 saturated carbocycles. The zero-order valence-electron chi connectivity index (χ0n) is 12.8. The first-order valence-electron chi connectivity index (χ1n) is 7.91. The quantitative estimate of drug-likeness (QED) is 0.866. The predicted molar refractivity (Wildman–Crippen MR) is 95.3 cm³/mol. The van der Waals surface area contributed by atoms with Gasteiger partial charge in [0, 0.05) is 0 Å². The normalized spacial score (nSPS) is 22.4. The number of nitrogens with zero attached hydrogens (tertiary/aromatic N) is 1. The molecule has 1 aliphatic carbocycles. The number of nitrogens with one attached hydrogen (secondary N) is 1. The van der Waals surface area contributed by atoms with Crippen molar-refractivity contribution in [3.8, 4) is 0 Å². The molecular formula is C21H18N2. The van der Waals surface area contributed by atoms with Gasteiger partial charge in [0.25, 0.3) is 0 Å². The molecule has 2 heteroatoms. The van der Waals surface area contributed by atoms with E-state index in [0.29, 0.717) is 0 Å². The summed E-state index contributed by atoms with van der Waals surface area (Å²) in [4.78, 5) is 5.05. The summed E-state index contributed by atoms with van der Waals surface area (Å²) in [5.41, 5.74) is 4.57. The molecule has 1 N–H and O–H groups in total. The Kier molecular flexibility index (Phi) is 3.65. The lowest BCUT2D eigenvalue weighted by Gasteiger charge is -2.33. The molecule has 0 aromatic heterocycles. The van der Waals surface area contributed by atoms with E-state index in [1.165, 1.54) is 11.1 Å². The molecule has 0 fully saturated rings. The van der Waals surface area contributed by atoms with Crippen molar-refractivity contribution in [1.82, 2.24) is 5.32 Å². The topological polar surface area (TPSA) is 24.4 Å². The summed E-state index contributed by atoms with van der Waals surface area (Å²) in [6, 6.07) is 21.2. The van der Waals surface area contributed by atoms with Crippen LogP contribution in [0.4, 0.5) is 0 Å². The molecule has 4 rings (SSSR count). The average Bonchev–Trinajstić information content (AvgIpc) is 2.87. The van der Waals surface area contributed by atoms with Gasteiger partial charge in [-0.25, -0.2) is 0 Å². The van der Waals surface area contributed by atoms with Crippen molar-refractivity contribution in [1.29, 1.82) is 0 Å². The maximum atomic E-state index is 5.05. The van der Waals surface area contributed by atoms with E-state index < -0.39 is 0 Å². The number of rotatable bonds is 2. The Bertz CT molecular complexity index is 798. The van der Waals surface area contributed by atoms with Gasteiger partial charge in [0.15, 0.2) is 0 Å². The second-order valence-corrected chi connectivity index (χ2v) is 5.73. The fraction of sp³-hybridized carbons (Fsp3) is 0.0952. The lowest BCUT2D eigenvalue weighted by Crippen LogP contribution is -2.34. The van der Waals surface area contributed by atoms with E-state index in [1.54, 1.807) is 0 Å². The van der Waals surface area contributed by atoms with Gasteiger partial charge in [0.2, 0.25) is 0 Å². The minimum absolute atomic E-state index is 0.0634. The second-order valence-electron chi connectivity index (χ2n) is 5.73. The van der Waals surface area contributed by atoms with Crippen LogP contribution in [0.25, 0.3) is 0 Å². The highest BCUT2D eigenvalue weighted by molar-refractivity contribution is 6.09.